The van der Waals surface area contributed by atoms with Gasteiger partial charge in [0.2, 0.25) is 0 Å². The first-order chi connectivity index (χ1) is 18.9. The largest absolute Gasteiger partial charge is 0.497 e. The molecule has 0 aliphatic carbocycles. The monoisotopic (exact) mass is 578 g/mol. The van der Waals surface area contributed by atoms with Gasteiger partial charge in [-0.3, -0.25) is 0 Å². The van der Waals surface area contributed by atoms with Gasteiger partial charge in [0.15, 0.2) is 0 Å². The number of aliphatic imine (C=N–C) groups is 1. The number of hydrogen-bond acceptors (Lipinski definition) is 9. The molecule has 4 aromatic rings. The summed E-state index contributed by atoms with van der Waals surface area (Å²) in [5.41, 5.74) is 9.96. The molecule has 1 atom stereocenters. The maximum absolute atomic E-state index is 11.8. The van der Waals surface area contributed by atoms with Crippen LogP contribution in [0.4, 0.5) is 0 Å². The summed E-state index contributed by atoms with van der Waals surface area (Å²) in [6.45, 7) is 0. The molecule has 0 saturated heterocycles. The van der Waals surface area contributed by atoms with Gasteiger partial charge in [-0.05, 0) is 58.1 Å². The molecule has 0 spiro atoms. The van der Waals surface area contributed by atoms with Crippen LogP contribution in [-0.2, 0) is 25.8 Å². The third kappa shape index (κ3) is 5.38. The Kier molecular flexibility index (Phi) is 6.80. The fraction of sp³-hybridized carbons (Fsp3) is 0.138. The zero-order valence-corrected chi connectivity index (χ0v) is 23.5. The van der Waals surface area contributed by atoms with E-state index in [9.17, 15) is 16.8 Å². The van der Waals surface area contributed by atoms with Gasteiger partial charge < -0.3 is 18.8 Å². The Morgan fingerprint density at radius 2 is 1.32 bits per heavy atom. The number of methoxy groups -OCH3 is 1. The van der Waals surface area contributed by atoms with Crippen LogP contribution in [-0.4, -0.2) is 42.3 Å². The Hall–Kier alpha value is -4.35. The third-order valence-electron chi connectivity index (χ3n) is 6.38. The Morgan fingerprint density at radius 3 is 2.00 bits per heavy atom. The topological polar surface area (TPSA) is 134 Å². The molecule has 4 aromatic carbocycles. The Balaban J connectivity index is 1.69. The molecule has 206 valence electrons. The van der Waals surface area contributed by atoms with Gasteiger partial charge in [0.1, 0.15) is 28.6 Å². The summed E-state index contributed by atoms with van der Waals surface area (Å²) in [4.78, 5) is 4.97. The van der Waals surface area contributed by atoms with Crippen molar-refractivity contribution in [3.63, 3.8) is 0 Å². The van der Waals surface area contributed by atoms with E-state index in [1.165, 1.54) is 13.2 Å². The minimum absolute atomic E-state index is 0.118. The maximum Gasteiger partial charge on any atom is 0.306 e. The minimum atomic E-state index is -3.76. The molecule has 1 unspecified atom stereocenters. The number of amidine groups is 1. The molecule has 11 heteroatoms. The highest BCUT2D eigenvalue weighted by molar-refractivity contribution is 7.86. The van der Waals surface area contributed by atoms with E-state index in [0.29, 0.717) is 17.1 Å². The second-order valence-corrected chi connectivity index (χ2v) is 12.5. The number of hydrogen-bond donors (Lipinski definition) is 1. The van der Waals surface area contributed by atoms with Crippen LogP contribution in [0, 0.1) is 0 Å². The third-order valence-corrected chi connectivity index (χ3v) is 7.37. The van der Waals surface area contributed by atoms with Crippen LogP contribution < -0.4 is 18.8 Å². The average molecular weight is 579 g/mol. The lowest BCUT2D eigenvalue weighted by Crippen LogP contribution is -2.25. The lowest BCUT2D eigenvalue weighted by atomic mass is 9.77. The van der Waals surface area contributed by atoms with Gasteiger partial charge in [0, 0.05) is 11.6 Å². The summed E-state index contributed by atoms with van der Waals surface area (Å²) in [5, 5.41) is 0. The van der Waals surface area contributed by atoms with E-state index in [1.54, 1.807) is 36.4 Å². The van der Waals surface area contributed by atoms with Crippen molar-refractivity contribution in [1.29, 1.82) is 0 Å². The smallest absolute Gasteiger partial charge is 0.306 e. The van der Waals surface area contributed by atoms with E-state index < -0.39 is 25.8 Å². The molecule has 1 heterocycles. The van der Waals surface area contributed by atoms with Gasteiger partial charge in [-0.2, -0.15) is 16.8 Å². The molecule has 5 rings (SSSR count). The second kappa shape index (κ2) is 10.00. The first-order valence-electron chi connectivity index (χ1n) is 12.0. The molecule has 0 saturated carbocycles. The molecule has 40 heavy (non-hydrogen) atoms. The normalized spacial score (nSPS) is 16.6. The van der Waals surface area contributed by atoms with Crippen LogP contribution in [0.1, 0.15) is 22.3 Å². The standard InChI is InChI=1S/C29H26N2O7S2/c1-36-24-16-20(17-25(18-24)38-40(3,34)35)19-7-6-8-22(15-19)29(27-10-5-4-9-26(27)28(30)31-29)21-11-13-23(14-12-21)37-39(2,32)33/h4-18H,1-3H3,(H2,30,31). The van der Waals surface area contributed by atoms with Crippen LogP contribution >= 0.6 is 0 Å². The molecule has 9 nitrogen and oxygen atoms in total. The summed E-state index contributed by atoms with van der Waals surface area (Å²) in [6.07, 6.45) is 1.96. The van der Waals surface area contributed by atoms with Crippen molar-refractivity contribution in [2.75, 3.05) is 19.6 Å². The van der Waals surface area contributed by atoms with Crippen LogP contribution in [0.2, 0.25) is 0 Å². The highest BCUT2D eigenvalue weighted by Gasteiger charge is 2.42. The van der Waals surface area contributed by atoms with Gasteiger partial charge in [-0.25, -0.2) is 4.99 Å². The lowest BCUT2D eigenvalue weighted by molar-refractivity contribution is 0.412. The van der Waals surface area contributed by atoms with Crippen molar-refractivity contribution in [1.82, 2.24) is 0 Å². The summed E-state index contributed by atoms with van der Waals surface area (Å²) in [7, 11) is -5.97. The Morgan fingerprint density at radius 1 is 0.675 bits per heavy atom. The number of nitrogens with two attached hydrogens (primary N) is 1. The van der Waals surface area contributed by atoms with Gasteiger partial charge in [-0.15, -0.1) is 0 Å². The Labute approximate surface area is 233 Å². The molecule has 2 N–H and O–H groups in total. The van der Waals surface area contributed by atoms with E-state index in [4.69, 9.17) is 23.8 Å². The lowest BCUT2D eigenvalue weighted by Gasteiger charge is -2.29. The van der Waals surface area contributed by atoms with E-state index in [1.807, 2.05) is 48.5 Å². The van der Waals surface area contributed by atoms with E-state index in [2.05, 4.69) is 0 Å². The quantitative estimate of drug-likeness (QED) is 0.310. The summed E-state index contributed by atoms with van der Waals surface area (Å²) in [5.74, 6) is 1.08. The maximum atomic E-state index is 11.8. The number of rotatable bonds is 8. The number of ether oxygens (including phenoxy) is 1. The van der Waals surface area contributed by atoms with E-state index in [-0.39, 0.29) is 11.5 Å². The predicted octanol–water partition coefficient (Wildman–Crippen LogP) is 4.05. The highest BCUT2D eigenvalue weighted by atomic mass is 32.2. The predicted molar refractivity (Wildman–Crippen MR) is 153 cm³/mol. The first kappa shape index (κ1) is 27.2. The Bertz CT molecular complexity index is 1850. The zero-order chi connectivity index (χ0) is 28.7. The number of benzene rings is 4. The molecule has 1 aliphatic rings. The van der Waals surface area contributed by atoms with Crippen molar-refractivity contribution in [3.8, 4) is 28.4 Å². The van der Waals surface area contributed by atoms with Crippen molar-refractivity contribution in [2.45, 2.75) is 5.54 Å². The van der Waals surface area contributed by atoms with Crippen LogP contribution in [0.5, 0.6) is 17.2 Å². The van der Waals surface area contributed by atoms with Crippen molar-refractivity contribution in [2.24, 2.45) is 10.7 Å². The number of nitrogens with zero attached hydrogens (tertiary/aromatic N) is 1. The SMILES string of the molecule is COc1cc(OS(C)(=O)=O)cc(-c2cccc(C3(c4ccc(OS(C)(=O)=O)cc4)N=C(N)c4ccccc43)c2)c1. The van der Waals surface area contributed by atoms with Crippen LogP contribution in [0.15, 0.2) is 96.0 Å². The van der Waals surface area contributed by atoms with Crippen molar-refractivity contribution in [3.05, 3.63) is 113 Å². The molecular formula is C29H26N2O7S2. The van der Waals surface area contributed by atoms with Crippen molar-refractivity contribution < 1.29 is 29.9 Å². The van der Waals surface area contributed by atoms with Crippen LogP contribution in [0.3, 0.4) is 0 Å². The molecular weight excluding hydrogens is 552 g/mol. The first-order valence-corrected chi connectivity index (χ1v) is 15.7. The summed E-state index contributed by atoms with van der Waals surface area (Å²) in [6, 6.07) is 26.8. The van der Waals surface area contributed by atoms with Gasteiger partial charge in [0.05, 0.1) is 19.6 Å². The molecule has 0 amide bonds. The fourth-order valence-electron chi connectivity index (χ4n) is 4.86. The van der Waals surface area contributed by atoms with Crippen molar-refractivity contribution >= 4 is 26.1 Å². The minimum Gasteiger partial charge on any atom is -0.497 e. The summed E-state index contributed by atoms with van der Waals surface area (Å²) >= 11 is 0. The average Bonchev–Trinajstić information content (AvgIpc) is 3.20. The molecule has 0 bridgehead atoms. The highest BCUT2D eigenvalue weighted by Crippen LogP contribution is 2.47. The van der Waals surface area contributed by atoms with Gasteiger partial charge >= 0.3 is 20.2 Å². The second-order valence-electron chi connectivity index (χ2n) is 9.33. The van der Waals surface area contributed by atoms with Gasteiger partial charge in [0.25, 0.3) is 0 Å². The number of fused-ring (bicyclic) bond motifs is 1. The molecule has 1 aliphatic heterocycles. The zero-order valence-electron chi connectivity index (χ0n) is 21.9. The van der Waals surface area contributed by atoms with E-state index >= 15 is 0 Å². The van der Waals surface area contributed by atoms with Crippen LogP contribution in [0.25, 0.3) is 11.1 Å². The fourth-order valence-corrected chi connectivity index (χ4v) is 5.77. The summed E-state index contributed by atoms with van der Waals surface area (Å²) < 4.78 is 62.4. The molecule has 0 fully saturated rings. The molecule has 0 radical (unpaired) electrons. The van der Waals surface area contributed by atoms with E-state index in [0.717, 1.165) is 40.3 Å². The molecule has 0 aromatic heterocycles. The van der Waals surface area contributed by atoms with Gasteiger partial charge in [-0.1, -0.05) is 54.6 Å².